The Labute approximate surface area is 107 Å². The minimum atomic E-state index is 0.781. The second-order valence-corrected chi connectivity index (χ2v) is 4.61. The van der Waals surface area contributed by atoms with E-state index in [4.69, 9.17) is 11.6 Å². The molecular weight excluding hydrogens is 232 g/mol. The van der Waals surface area contributed by atoms with Gasteiger partial charge in [0.15, 0.2) is 0 Å². The molecule has 0 aliphatic carbocycles. The van der Waals surface area contributed by atoms with E-state index in [2.05, 4.69) is 23.3 Å². The van der Waals surface area contributed by atoms with Gasteiger partial charge in [-0.3, -0.25) is 4.98 Å². The fourth-order valence-corrected chi connectivity index (χ4v) is 1.93. The summed E-state index contributed by atoms with van der Waals surface area (Å²) in [7, 11) is 0. The molecule has 1 heterocycles. The largest absolute Gasteiger partial charge is 0.380 e. The van der Waals surface area contributed by atoms with Crippen molar-refractivity contribution in [1.82, 2.24) is 4.98 Å². The van der Waals surface area contributed by atoms with Crippen LogP contribution < -0.4 is 5.32 Å². The summed E-state index contributed by atoms with van der Waals surface area (Å²) >= 11 is 5.92. The summed E-state index contributed by atoms with van der Waals surface area (Å²) < 4.78 is 0. The number of nitrogens with zero attached hydrogens (tertiary/aromatic N) is 1. The van der Waals surface area contributed by atoms with Crippen LogP contribution in [0.5, 0.6) is 0 Å². The van der Waals surface area contributed by atoms with Crippen LogP contribution >= 0.6 is 11.6 Å². The monoisotopic (exact) mass is 246 g/mol. The predicted octanol–water partition coefficient (Wildman–Crippen LogP) is 3.96. The molecule has 0 amide bonds. The number of hydrogen-bond donors (Lipinski definition) is 1. The first-order valence-electron chi connectivity index (χ1n) is 5.56. The van der Waals surface area contributed by atoms with Crippen LogP contribution in [0, 0.1) is 13.8 Å². The summed E-state index contributed by atoms with van der Waals surface area (Å²) in [5.41, 5.74) is 4.64. The number of nitrogens with one attached hydrogen (secondary N) is 1. The van der Waals surface area contributed by atoms with Crippen LogP contribution in [-0.4, -0.2) is 4.98 Å². The van der Waals surface area contributed by atoms with Gasteiger partial charge < -0.3 is 5.32 Å². The smallest absolute Gasteiger partial charge is 0.0532 e. The summed E-state index contributed by atoms with van der Waals surface area (Å²) in [6.45, 7) is 4.89. The number of rotatable bonds is 3. The second kappa shape index (κ2) is 5.19. The molecule has 0 aliphatic heterocycles. The van der Waals surface area contributed by atoms with Crippen LogP contribution in [0.4, 0.5) is 5.69 Å². The summed E-state index contributed by atoms with van der Waals surface area (Å²) in [4.78, 5) is 4.15. The van der Waals surface area contributed by atoms with Gasteiger partial charge in [-0.25, -0.2) is 0 Å². The van der Waals surface area contributed by atoms with Gasteiger partial charge in [-0.05, 0) is 48.7 Å². The van der Waals surface area contributed by atoms with Gasteiger partial charge in [-0.15, -0.1) is 0 Å². The average Bonchev–Trinajstić information content (AvgIpc) is 2.28. The lowest BCUT2D eigenvalue weighted by Gasteiger charge is -2.09. The zero-order valence-corrected chi connectivity index (χ0v) is 10.8. The van der Waals surface area contributed by atoms with Crippen LogP contribution in [0.25, 0.3) is 0 Å². The van der Waals surface area contributed by atoms with Crippen LogP contribution in [0.1, 0.15) is 16.7 Å². The van der Waals surface area contributed by atoms with Crippen molar-refractivity contribution in [2.24, 2.45) is 0 Å². The highest BCUT2D eigenvalue weighted by Gasteiger charge is 1.99. The molecule has 0 unspecified atom stereocenters. The first-order chi connectivity index (χ1) is 8.15. The molecule has 0 atom stereocenters. The van der Waals surface area contributed by atoms with Gasteiger partial charge in [0.25, 0.3) is 0 Å². The van der Waals surface area contributed by atoms with E-state index in [1.54, 1.807) is 0 Å². The molecule has 1 aromatic heterocycles. The van der Waals surface area contributed by atoms with Gasteiger partial charge in [0.2, 0.25) is 0 Å². The van der Waals surface area contributed by atoms with Crippen molar-refractivity contribution in [3.63, 3.8) is 0 Å². The minimum Gasteiger partial charge on any atom is -0.380 e. The number of benzene rings is 1. The molecule has 3 heteroatoms. The van der Waals surface area contributed by atoms with Crippen molar-refractivity contribution in [2.45, 2.75) is 20.4 Å². The molecule has 0 radical (unpaired) electrons. The Bertz CT molecular complexity index is 523. The number of aromatic nitrogens is 1. The Hall–Kier alpha value is -1.54. The van der Waals surface area contributed by atoms with Gasteiger partial charge in [0.05, 0.1) is 5.69 Å². The first kappa shape index (κ1) is 11.9. The van der Waals surface area contributed by atoms with Gasteiger partial charge in [0.1, 0.15) is 0 Å². The zero-order valence-electron chi connectivity index (χ0n) is 10.00. The lowest BCUT2D eigenvalue weighted by Crippen LogP contribution is -2.01. The number of pyridine rings is 1. The highest BCUT2D eigenvalue weighted by atomic mass is 35.5. The van der Waals surface area contributed by atoms with Gasteiger partial charge in [-0.1, -0.05) is 17.7 Å². The minimum absolute atomic E-state index is 0.781. The summed E-state index contributed by atoms with van der Waals surface area (Å²) in [5.74, 6) is 0. The van der Waals surface area contributed by atoms with Gasteiger partial charge in [-0.2, -0.15) is 0 Å². The van der Waals surface area contributed by atoms with E-state index >= 15 is 0 Å². The van der Waals surface area contributed by atoms with Crippen molar-refractivity contribution in [3.05, 3.63) is 58.4 Å². The highest BCUT2D eigenvalue weighted by molar-refractivity contribution is 6.30. The first-order valence-corrected chi connectivity index (χ1v) is 5.93. The third kappa shape index (κ3) is 3.21. The van der Waals surface area contributed by atoms with Crippen molar-refractivity contribution in [2.75, 3.05) is 5.32 Å². The molecule has 2 nitrogen and oxygen atoms in total. The van der Waals surface area contributed by atoms with Crippen molar-refractivity contribution < 1.29 is 0 Å². The molecule has 0 saturated carbocycles. The van der Waals surface area contributed by atoms with Crippen LogP contribution in [-0.2, 0) is 6.54 Å². The topological polar surface area (TPSA) is 24.9 Å². The van der Waals surface area contributed by atoms with E-state index in [0.29, 0.717) is 0 Å². The molecule has 2 aromatic rings. The lowest BCUT2D eigenvalue weighted by molar-refractivity contribution is 1.11. The average molecular weight is 247 g/mol. The van der Waals surface area contributed by atoms with Crippen LogP contribution in [0.15, 0.2) is 36.7 Å². The van der Waals surface area contributed by atoms with Gasteiger partial charge in [0, 0.05) is 24.0 Å². The molecule has 0 fully saturated rings. The van der Waals surface area contributed by atoms with Crippen LogP contribution in [0.2, 0.25) is 5.02 Å². The highest BCUT2D eigenvalue weighted by Crippen LogP contribution is 2.16. The SMILES string of the molecule is Cc1cncc(NCc2ccc(Cl)cc2C)c1. The molecule has 0 spiro atoms. The Kier molecular flexibility index (Phi) is 3.64. The Morgan fingerprint density at radius 3 is 2.71 bits per heavy atom. The van der Waals surface area contributed by atoms with E-state index in [0.717, 1.165) is 22.8 Å². The fourth-order valence-electron chi connectivity index (χ4n) is 1.71. The molecule has 0 saturated heterocycles. The van der Waals surface area contributed by atoms with E-state index in [-0.39, 0.29) is 0 Å². The third-order valence-corrected chi connectivity index (χ3v) is 2.90. The molecular formula is C14H15ClN2. The van der Waals surface area contributed by atoms with Crippen molar-refractivity contribution >= 4 is 17.3 Å². The van der Waals surface area contributed by atoms with E-state index in [1.807, 2.05) is 37.5 Å². The number of aryl methyl sites for hydroxylation is 2. The van der Waals surface area contributed by atoms with Crippen LogP contribution in [0.3, 0.4) is 0 Å². The molecule has 1 aromatic carbocycles. The zero-order chi connectivity index (χ0) is 12.3. The number of anilines is 1. The van der Waals surface area contributed by atoms with E-state index in [9.17, 15) is 0 Å². The second-order valence-electron chi connectivity index (χ2n) is 4.18. The molecule has 0 aliphatic rings. The van der Waals surface area contributed by atoms with Gasteiger partial charge >= 0.3 is 0 Å². The number of hydrogen-bond acceptors (Lipinski definition) is 2. The summed E-state index contributed by atoms with van der Waals surface area (Å²) in [6.07, 6.45) is 3.68. The molecule has 17 heavy (non-hydrogen) atoms. The normalized spacial score (nSPS) is 10.3. The quantitative estimate of drug-likeness (QED) is 0.887. The maximum absolute atomic E-state index is 5.92. The predicted molar refractivity (Wildman–Crippen MR) is 72.5 cm³/mol. The summed E-state index contributed by atoms with van der Waals surface area (Å²) in [6, 6.07) is 8.03. The molecule has 0 bridgehead atoms. The van der Waals surface area contributed by atoms with E-state index < -0.39 is 0 Å². The van der Waals surface area contributed by atoms with E-state index in [1.165, 1.54) is 11.1 Å². The Morgan fingerprint density at radius 2 is 2.00 bits per heavy atom. The maximum atomic E-state index is 5.92. The maximum Gasteiger partial charge on any atom is 0.0532 e. The standard InChI is InChI=1S/C14H15ClN2/c1-10-5-14(9-16-7-10)17-8-12-3-4-13(15)6-11(12)2/h3-7,9,17H,8H2,1-2H3. The Balaban J connectivity index is 2.07. The third-order valence-electron chi connectivity index (χ3n) is 2.66. The molecule has 2 rings (SSSR count). The molecule has 88 valence electrons. The fraction of sp³-hybridized carbons (Fsp3) is 0.214. The number of halogens is 1. The summed E-state index contributed by atoms with van der Waals surface area (Å²) in [5, 5.41) is 4.14. The Morgan fingerprint density at radius 1 is 1.18 bits per heavy atom. The van der Waals surface area contributed by atoms with Crippen molar-refractivity contribution in [3.8, 4) is 0 Å². The molecule has 1 N–H and O–H groups in total. The lowest BCUT2D eigenvalue weighted by atomic mass is 10.1. The van der Waals surface area contributed by atoms with Crippen molar-refractivity contribution in [1.29, 1.82) is 0 Å².